The van der Waals surface area contributed by atoms with Crippen molar-refractivity contribution in [3.8, 4) is 0 Å². The second-order valence-electron chi connectivity index (χ2n) is 10.4. The average molecular weight is 537 g/mol. The number of amides is 1. The van der Waals surface area contributed by atoms with Crippen LogP contribution in [0.15, 0.2) is 82.6 Å². The third-order valence-corrected chi connectivity index (χ3v) is 8.84. The number of hydrogen-bond donors (Lipinski definition) is 2. The maximum absolute atomic E-state index is 13.3. The summed E-state index contributed by atoms with van der Waals surface area (Å²) >= 11 is 1.73. The molecule has 4 aromatic rings. The van der Waals surface area contributed by atoms with Gasteiger partial charge in [-0.15, -0.1) is 0 Å². The van der Waals surface area contributed by atoms with Gasteiger partial charge in [0, 0.05) is 33.1 Å². The number of carbonyl (C=O) groups is 1. The molecule has 2 N–H and O–H groups in total. The number of aromatic nitrogens is 1. The van der Waals surface area contributed by atoms with Crippen LogP contribution in [0.3, 0.4) is 0 Å². The van der Waals surface area contributed by atoms with Crippen molar-refractivity contribution in [2.45, 2.75) is 61.2 Å². The monoisotopic (exact) mass is 536 g/mol. The van der Waals surface area contributed by atoms with Crippen LogP contribution in [-0.4, -0.2) is 30.5 Å². The van der Waals surface area contributed by atoms with Gasteiger partial charge in [-0.3, -0.25) is 14.7 Å². The lowest BCUT2D eigenvalue weighted by Gasteiger charge is -2.31. The van der Waals surface area contributed by atoms with Crippen molar-refractivity contribution in [1.29, 1.82) is 0 Å². The topological polar surface area (TPSA) is 57.3 Å². The van der Waals surface area contributed by atoms with Gasteiger partial charge in [-0.25, -0.2) is 0 Å². The first kappa shape index (κ1) is 25.9. The molecule has 0 saturated heterocycles. The third kappa shape index (κ3) is 5.68. The molecule has 6 heteroatoms. The number of fused-ring (bicyclic) bond motifs is 4. The van der Waals surface area contributed by atoms with Crippen LogP contribution in [0.25, 0.3) is 10.9 Å². The molecule has 0 bridgehead atoms. The number of nitrogens with one attached hydrogen (secondary N) is 2. The van der Waals surface area contributed by atoms with Gasteiger partial charge in [0.25, 0.3) is 0 Å². The molecule has 2 aliphatic rings. The molecule has 0 radical (unpaired) electrons. The van der Waals surface area contributed by atoms with Gasteiger partial charge in [0.05, 0.1) is 23.4 Å². The molecule has 0 unspecified atom stereocenters. The Balaban J connectivity index is 0.953. The average Bonchev–Trinajstić information content (AvgIpc) is 2.98. The largest absolute Gasteiger partial charge is 0.384 e. The Morgan fingerprint density at radius 2 is 1.46 bits per heavy atom. The second kappa shape index (κ2) is 12.2. The van der Waals surface area contributed by atoms with E-state index in [1.54, 1.807) is 11.8 Å². The lowest BCUT2D eigenvalue weighted by Crippen LogP contribution is -2.36. The molecular weight excluding hydrogens is 500 g/mol. The second-order valence-corrected chi connectivity index (χ2v) is 11.5. The van der Waals surface area contributed by atoms with Crippen molar-refractivity contribution >= 4 is 45.6 Å². The number of anilines is 3. The standard InChI is InChI=1S/C33H36N4OS/c38-32(37-28-17-7-9-19-30(28)39-31-20-10-8-18-29(31)37)23-34-21-11-1-2-12-22-35-33-24-13-3-5-15-26(24)36-27-16-6-4-14-25(27)33/h3,5,7-10,13,15,17-20,34H,1-2,4,6,11-12,14,16,21-23H2,(H,35,36). The van der Waals surface area contributed by atoms with Crippen LogP contribution < -0.4 is 15.5 Å². The summed E-state index contributed by atoms with van der Waals surface area (Å²) < 4.78 is 0. The van der Waals surface area contributed by atoms with E-state index in [2.05, 4.69) is 47.0 Å². The smallest absolute Gasteiger partial charge is 0.245 e. The quantitative estimate of drug-likeness (QED) is 0.206. The Morgan fingerprint density at radius 3 is 2.26 bits per heavy atom. The Labute approximate surface area is 235 Å². The number of pyridine rings is 1. The first-order valence-electron chi connectivity index (χ1n) is 14.3. The predicted octanol–water partition coefficient (Wildman–Crippen LogP) is 7.51. The fourth-order valence-electron chi connectivity index (χ4n) is 5.76. The van der Waals surface area contributed by atoms with E-state index in [0.717, 1.165) is 71.9 Å². The molecule has 5 nitrogen and oxygen atoms in total. The highest BCUT2D eigenvalue weighted by Gasteiger charge is 2.27. The van der Waals surface area contributed by atoms with E-state index in [9.17, 15) is 4.79 Å². The van der Waals surface area contributed by atoms with Gasteiger partial charge in [0.2, 0.25) is 5.91 Å². The molecule has 3 aromatic carbocycles. The highest BCUT2D eigenvalue weighted by molar-refractivity contribution is 7.99. The van der Waals surface area contributed by atoms with Crippen molar-refractivity contribution < 1.29 is 4.79 Å². The first-order chi connectivity index (χ1) is 19.3. The van der Waals surface area contributed by atoms with Crippen LogP contribution in [-0.2, 0) is 17.6 Å². The van der Waals surface area contributed by atoms with Crippen LogP contribution in [0.5, 0.6) is 0 Å². The highest BCUT2D eigenvalue weighted by atomic mass is 32.2. The van der Waals surface area contributed by atoms with Gasteiger partial charge in [0.1, 0.15) is 0 Å². The molecule has 1 amide bonds. The zero-order chi connectivity index (χ0) is 26.4. The minimum absolute atomic E-state index is 0.0901. The summed E-state index contributed by atoms with van der Waals surface area (Å²) in [5, 5.41) is 8.43. The van der Waals surface area contributed by atoms with Crippen LogP contribution in [0, 0.1) is 0 Å². The Bertz CT molecular complexity index is 1420. The van der Waals surface area contributed by atoms with Crippen LogP contribution >= 0.6 is 11.8 Å². The highest BCUT2D eigenvalue weighted by Crippen LogP contribution is 2.47. The van der Waals surface area contributed by atoms with Gasteiger partial charge >= 0.3 is 0 Å². The van der Waals surface area contributed by atoms with Gasteiger partial charge in [-0.05, 0) is 81.0 Å². The molecule has 0 spiro atoms. The summed E-state index contributed by atoms with van der Waals surface area (Å²) in [6, 6.07) is 24.8. The molecule has 0 atom stereocenters. The Morgan fingerprint density at radius 1 is 0.795 bits per heavy atom. The molecular formula is C33H36N4OS. The fraction of sp³-hybridized carbons (Fsp3) is 0.333. The molecule has 1 aromatic heterocycles. The van der Waals surface area contributed by atoms with Gasteiger partial charge < -0.3 is 10.6 Å². The van der Waals surface area contributed by atoms with Gasteiger partial charge in [-0.1, -0.05) is 67.1 Å². The predicted molar refractivity (Wildman–Crippen MR) is 162 cm³/mol. The lowest BCUT2D eigenvalue weighted by atomic mass is 9.92. The normalized spacial score (nSPS) is 14.0. The number of unbranched alkanes of at least 4 members (excludes halogenated alkanes) is 3. The van der Waals surface area contributed by atoms with Crippen LogP contribution in [0.2, 0.25) is 0 Å². The van der Waals surface area contributed by atoms with E-state index in [0.29, 0.717) is 6.54 Å². The number of nitrogens with zero attached hydrogens (tertiary/aromatic N) is 2. The third-order valence-electron chi connectivity index (χ3n) is 7.71. The minimum Gasteiger partial charge on any atom is -0.384 e. The van der Waals surface area contributed by atoms with Crippen LogP contribution in [0.4, 0.5) is 17.1 Å². The minimum atomic E-state index is 0.0901. The maximum Gasteiger partial charge on any atom is 0.245 e. The summed E-state index contributed by atoms with van der Waals surface area (Å²) in [6.07, 6.45) is 9.28. The van der Waals surface area contributed by atoms with Crippen molar-refractivity contribution in [2.75, 3.05) is 29.9 Å². The van der Waals surface area contributed by atoms with Crippen molar-refractivity contribution in [3.63, 3.8) is 0 Å². The summed E-state index contributed by atoms with van der Waals surface area (Å²) in [5.74, 6) is 0.0901. The van der Waals surface area contributed by atoms with E-state index >= 15 is 0 Å². The number of carbonyl (C=O) groups excluding carboxylic acids is 1. The van der Waals surface area contributed by atoms with E-state index in [1.165, 1.54) is 41.6 Å². The summed E-state index contributed by atoms with van der Waals surface area (Å²) in [6.45, 7) is 2.18. The summed E-state index contributed by atoms with van der Waals surface area (Å²) in [7, 11) is 0. The van der Waals surface area contributed by atoms with E-state index in [1.807, 2.05) is 41.3 Å². The molecule has 6 rings (SSSR count). The molecule has 0 fully saturated rings. The number of para-hydroxylation sites is 3. The number of benzene rings is 3. The lowest BCUT2D eigenvalue weighted by molar-refractivity contribution is -0.117. The number of rotatable bonds is 10. The number of aryl methyl sites for hydroxylation is 1. The zero-order valence-electron chi connectivity index (χ0n) is 22.4. The summed E-state index contributed by atoms with van der Waals surface area (Å²) in [4.78, 5) is 22.3. The molecule has 0 saturated carbocycles. The Kier molecular flexibility index (Phi) is 8.12. The van der Waals surface area contributed by atoms with E-state index in [4.69, 9.17) is 4.98 Å². The van der Waals surface area contributed by atoms with Gasteiger partial charge in [0.15, 0.2) is 0 Å². The van der Waals surface area contributed by atoms with Crippen molar-refractivity contribution in [2.24, 2.45) is 0 Å². The number of hydrogen-bond acceptors (Lipinski definition) is 5. The molecule has 2 heterocycles. The first-order valence-corrected chi connectivity index (χ1v) is 15.2. The SMILES string of the molecule is O=C(CNCCCCCCNc1c2c(nc3ccccc13)CCCC2)N1c2ccccc2Sc2ccccc21. The molecule has 1 aliphatic carbocycles. The molecule has 200 valence electrons. The van der Waals surface area contributed by atoms with Crippen molar-refractivity contribution in [3.05, 3.63) is 84.1 Å². The zero-order valence-corrected chi connectivity index (χ0v) is 23.2. The van der Waals surface area contributed by atoms with Gasteiger partial charge in [-0.2, -0.15) is 0 Å². The fourth-order valence-corrected chi connectivity index (χ4v) is 6.82. The summed E-state index contributed by atoms with van der Waals surface area (Å²) in [5.41, 5.74) is 7.10. The van der Waals surface area contributed by atoms with E-state index < -0.39 is 0 Å². The Hall–Kier alpha value is -3.35. The maximum atomic E-state index is 13.3. The molecule has 1 aliphatic heterocycles. The van der Waals surface area contributed by atoms with E-state index in [-0.39, 0.29) is 5.91 Å². The molecule has 39 heavy (non-hydrogen) atoms. The van der Waals surface area contributed by atoms with Crippen LogP contribution in [0.1, 0.15) is 49.8 Å². The van der Waals surface area contributed by atoms with Crippen molar-refractivity contribution in [1.82, 2.24) is 10.3 Å².